The number of carbonyl (C=O) groups is 9. The first-order valence-electron chi connectivity index (χ1n) is 44.8. The van der Waals surface area contributed by atoms with Crippen molar-refractivity contribution in [2.45, 2.75) is 340 Å². The number of hydrogen-bond acceptors (Lipinski definition) is 25. The predicted molar refractivity (Wildman–Crippen MR) is 458 cm³/mol. The Bertz CT molecular complexity index is 3700. The van der Waals surface area contributed by atoms with Gasteiger partial charge in [-0.3, -0.25) is 33.6 Å². The van der Waals surface area contributed by atoms with Gasteiger partial charge in [-0.25, -0.2) is 9.59 Å². The maximum atomic E-state index is 14.4. The topological polar surface area (TPSA) is 374 Å². The number of rotatable bonds is 13. The van der Waals surface area contributed by atoms with Crippen LogP contribution in [-0.2, 0) is 90.5 Å². The lowest BCUT2D eigenvalue weighted by Crippen LogP contribution is -2.64. The van der Waals surface area contributed by atoms with Crippen molar-refractivity contribution in [3.63, 3.8) is 0 Å². The van der Waals surface area contributed by atoms with E-state index in [4.69, 9.17) is 47.4 Å². The van der Waals surface area contributed by atoms with E-state index in [1.807, 2.05) is 91.0 Å². The standard InChI is InChI=1S/C51H79NO13.C44H69NO12/c1-30-16-12-11-13-17-31(2)42(61-8)28-38-21-19-36(7)51(60,65-38)48(57)49(58)52-23-15-14-18-39(52)50(59)64-43(33(4)26-37-20-22-40(53)44(27-37)62-9)29-41(54)32(3)25-35(6)46(56)47(63-10)45(55)34(5)24-30;1-10-13-31-19-25(2)18-26(3)20-37(54-8)40-38(55-9)22-28(5)44(52,57-40)41(49)42(50)45-17-12-11-14-32(45)43(51)56-39(29(6)34(47)24-35(31)48)27(4)21-30-15-16-33(46)36(23-30)53-7/h11-13,16-17,25,30,32-34,36-40,42-44,46-47,53,56,60H,14-15,18-24,26-29H2,1-10H3;10,19,21,26,28-34,36-40,46-47,52H,1,11-18,20,22-24H2,2-9H3/b13-11+,16-12+,31-17+,35-25+;25-19+,27-21+/t30-,32-,33-,34-,36-,37+,38+,39+,40-,42+,43+,44-,46-,47+,51-;26-,28+,29+,30-,31+,32-,33+,34-,36+,37-,38-,39+,40+,44+/m10/s1. The molecule has 6 N–H and O–H groups in total. The number of allylic oxidation sites excluding steroid dienone is 10. The van der Waals surface area contributed by atoms with Crippen LogP contribution in [0.2, 0.25) is 0 Å². The normalized spacial score (nSPS) is 40.7. The number of Topliss-reactive ketones (excluding diaryl/α,β-unsaturated/α-hetero) is 5. The molecule has 6 aliphatic heterocycles. The summed E-state index contributed by atoms with van der Waals surface area (Å²) < 4.78 is 59.1. The van der Waals surface area contributed by atoms with Gasteiger partial charge in [0.1, 0.15) is 54.2 Å². The first-order chi connectivity index (χ1) is 57.7. The zero-order valence-corrected chi connectivity index (χ0v) is 76.0. The summed E-state index contributed by atoms with van der Waals surface area (Å²) in [6.45, 7) is 25.9. The van der Waals surface area contributed by atoms with Crippen LogP contribution in [0.1, 0.15) is 231 Å². The zero-order valence-electron chi connectivity index (χ0n) is 76.0. The summed E-state index contributed by atoms with van der Waals surface area (Å²) in [5, 5.41) is 68.0. The first-order valence-corrected chi connectivity index (χ1v) is 44.8. The summed E-state index contributed by atoms with van der Waals surface area (Å²) in [6, 6.07) is -2.28. The number of fused-ring (bicyclic) bond motifs is 6. The molecule has 27 nitrogen and oxygen atoms in total. The number of methoxy groups -OCH3 is 6. The van der Waals surface area contributed by atoms with Crippen molar-refractivity contribution in [3.8, 4) is 0 Å². The molecule has 6 heterocycles. The van der Waals surface area contributed by atoms with Crippen LogP contribution >= 0.6 is 0 Å². The fraction of sp³-hybridized carbons (Fsp3) is 0.758. The minimum Gasteiger partial charge on any atom is -0.460 e. The summed E-state index contributed by atoms with van der Waals surface area (Å²) in [5.74, 6) is -15.7. The number of aliphatic hydroxyl groups excluding tert-OH is 4. The van der Waals surface area contributed by atoms with Gasteiger partial charge in [0, 0.05) is 111 Å². The van der Waals surface area contributed by atoms with E-state index < -0.39 is 168 Å². The van der Waals surface area contributed by atoms with Crippen molar-refractivity contribution in [3.05, 3.63) is 83.6 Å². The lowest BCUT2D eigenvalue weighted by Gasteiger charge is -2.47. The molecule has 0 aromatic heterocycles. The molecule has 0 spiro atoms. The second kappa shape index (κ2) is 48.1. The molecule has 122 heavy (non-hydrogen) atoms. The van der Waals surface area contributed by atoms with Gasteiger partial charge in [0.05, 0.1) is 54.9 Å². The third-order valence-electron chi connectivity index (χ3n) is 27.4. The average Bonchev–Trinajstić information content (AvgIpc) is 0.769. The quantitative estimate of drug-likeness (QED) is 0.0567. The number of hydrogen-bond donors (Lipinski definition) is 6. The Labute approximate surface area is 724 Å². The van der Waals surface area contributed by atoms with Gasteiger partial charge in [0.2, 0.25) is 11.6 Å². The molecule has 2 amide bonds. The fourth-order valence-corrected chi connectivity index (χ4v) is 19.5. The van der Waals surface area contributed by atoms with E-state index in [9.17, 15) is 73.8 Å². The smallest absolute Gasteiger partial charge is 0.329 e. The molecular weight excluding hydrogens is 1570 g/mol. The van der Waals surface area contributed by atoms with Crippen LogP contribution in [0.4, 0.5) is 0 Å². The highest BCUT2D eigenvalue weighted by Gasteiger charge is 2.58. The first kappa shape index (κ1) is 103. The minimum absolute atomic E-state index is 0.00988. The molecule has 0 aromatic rings. The SMILES string of the molecule is C=CC[C@@H]1/C=C(\C)C[C@H](C)C[C@H](OC)[C@H]2O[C@@](O)(C(=O)C(=O)N3CCCC[C@H]3C(=O)O[C@H](/C(C)=C/[C@@H]3CC[C@@H](O)[C@H](OC)C3)[C@H](C)[C@@H](O)CC1=O)[C@H](C)C[C@@H]2OC.CO[C@H]1C[C@@H]2CC[C@@H](C)[C@@](O)(O2)C(=O)C(=O)N2CCCC[C@H]2C(=O)O[C@H]([C@H](C)C[C@@H]2CC[C@@H](O)[C@H](OC)C2)CC(=O)[C@H](C)/C=C(\C)[C@@H](O)[C@@H](OC)C(=O)[C@H](C)C[C@H](C)/C=C/C=C/C=C/1C. The third kappa shape index (κ3) is 27.0. The second-order valence-corrected chi connectivity index (χ2v) is 36.9. The van der Waals surface area contributed by atoms with Gasteiger partial charge in [-0.05, 0) is 202 Å². The maximum absolute atomic E-state index is 14.4. The van der Waals surface area contributed by atoms with Crippen molar-refractivity contribution in [1.82, 2.24) is 9.80 Å². The lowest BCUT2D eigenvalue weighted by atomic mass is 9.78. The molecule has 0 unspecified atom stereocenters. The predicted octanol–water partition coefficient (Wildman–Crippen LogP) is 10.8. The van der Waals surface area contributed by atoms with Gasteiger partial charge >= 0.3 is 11.9 Å². The van der Waals surface area contributed by atoms with Gasteiger partial charge in [-0.15, -0.1) is 6.58 Å². The van der Waals surface area contributed by atoms with E-state index >= 15 is 0 Å². The van der Waals surface area contributed by atoms with Crippen molar-refractivity contribution < 1.29 is 121 Å². The van der Waals surface area contributed by atoms with E-state index in [2.05, 4.69) is 6.58 Å². The summed E-state index contributed by atoms with van der Waals surface area (Å²) in [7, 11) is 9.13. The molecule has 2 saturated carbocycles. The highest BCUT2D eigenvalue weighted by atomic mass is 16.7. The number of esters is 2. The Balaban J connectivity index is 0.000000339. The Kier molecular flexibility index (Phi) is 40.6. The molecule has 4 saturated heterocycles. The monoisotopic (exact) mass is 1720 g/mol. The highest BCUT2D eigenvalue weighted by Crippen LogP contribution is 2.43. The summed E-state index contributed by atoms with van der Waals surface area (Å²) in [5.41, 5.74) is 2.88. The number of aliphatic hydroxyl groups is 6. The van der Waals surface area contributed by atoms with Crippen molar-refractivity contribution in [2.75, 3.05) is 55.7 Å². The van der Waals surface area contributed by atoms with Crippen LogP contribution in [0.15, 0.2) is 83.6 Å². The number of ketones is 5. The van der Waals surface area contributed by atoms with Crippen LogP contribution in [0, 0.1) is 65.1 Å². The number of piperidine rings is 2. The maximum Gasteiger partial charge on any atom is 0.329 e. The van der Waals surface area contributed by atoms with Gasteiger partial charge in [0.15, 0.2) is 5.78 Å². The minimum atomic E-state index is -2.51. The molecule has 27 heteroatoms. The van der Waals surface area contributed by atoms with Crippen LogP contribution < -0.4 is 0 Å². The molecule has 4 bridgehead atoms. The fourth-order valence-electron chi connectivity index (χ4n) is 19.5. The van der Waals surface area contributed by atoms with Gasteiger partial charge < -0.3 is 87.8 Å². The highest BCUT2D eigenvalue weighted by molar-refractivity contribution is 6.39. The Morgan fingerprint density at radius 2 is 1.16 bits per heavy atom. The third-order valence-corrected chi connectivity index (χ3v) is 27.4. The number of amides is 2. The summed E-state index contributed by atoms with van der Waals surface area (Å²) in [6.07, 6.45) is 16.1. The van der Waals surface area contributed by atoms with Gasteiger partial charge in [-0.1, -0.05) is 116 Å². The van der Waals surface area contributed by atoms with E-state index in [0.29, 0.717) is 120 Å². The molecular formula is C95H148N2O25. The number of nitrogens with zero attached hydrogens (tertiary/aromatic N) is 2. The van der Waals surface area contributed by atoms with Gasteiger partial charge in [0.25, 0.3) is 23.4 Å². The van der Waals surface area contributed by atoms with Crippen LogP contribution in [0.3, 0.4) is 0 Å². The van der Waals surface area contributed by atoms with E-state index in [-0.39, 0.29) is 104 Å². The van der Waals surface area contributed by atoms with Crippen molar-refractivity contribution >= 4 is 52.7 Å². The molecule has 0 radical (unpaired) electrons. The van der Waals surface area contributed by atoms with E-state index in [1.54, 1.807) is 68.1 Å². The van der Waals surface area contributed by atoms with Crippen LogP contribution in [-0.4, -0.2) is 258 Å². The van der Waals surface area contributed by atoms with Gasteiger partial charge in [-0.2, -0.15) is 0 Å². The Hall–Kier alpha value is -6.15. The molecule has 688 valence electrons. The molecule has 0 aromatic carbocycles. The van der Waals surface area contributed by atoms with E-state index in [1.165, 1.54) is 31.1 Å². The number of carbonyl (C=O) groups excluding carboxylic acids is 9. The lowest BCUT2D eigenvalue weighted by molar-refractivity contribution is -0.302. The summed E-state index contributed by atoms with van der Waals surface area (Å²) in [4.78, 5) is 130. The number of ether oxygens (including phenoxy) is 10. The van der Waals surface area contributed by atoms with Crippen molar-refractivity contribution in [1.29, 1.82) is 0 Å². The largest absolute Gasteiger partial charge is 0.460 e. The Morgan fingerprint density at radius 3 is 1.75 bits per heavy atom. The number of cyclic esters (lactones) is 2. The molecule has 8 aliphatic rings. The molecule has 6 fully saturated rings. The zero-order chi connectivity index (χ0) is 90.4. The average molecular weight is 1720 g/mol. The van der Waals surface area contributed by atoms with Crippen molar-refractivity contribution in [2.24, 2.45) is 65.1 Å². The van der Waals surface area contributed by atoms with Crippen LogP contribution in [0.5, 0.6) is 0 Å². The summed E-state index contributed by atoms with van der Waals surface area (Å²) >= 11 is 0. The van der Waals surface area contributed by atoms with Crippen LogP contribution in [0.25, 0.3) is 0 Å². The Morgan fingerprint density at radius 1 is 0.582 bits per heavy atom. The molecule has 8 rings (SSSR count). The second-order valence-electron chi connectivity index (χ2n) is 36.9. The molecule has 29 atom stereocenters. The molecule has 2 aliphatic carbocycles. The van der Waals surface area contributed by atoms with E-state index in [0.717, 1.165) is 17.6 Å².